The number of benzene rings is 4. The molecule has 1 heteroatoms. The van der Waals surface area contributed by atoms with Crippen LogP contribution >= 0.6 is 0 Å². The lowest BCUT2D eigenvalue weighted by atomic mass is 9.82. The maximum Gasteiger partial charge on any atom is 0.0390 e. The number of nitrogens with one attached hydrogen (secondary N) is 1. The van der Waals surface area contributed by atoms with E-state index in [1.165, 1.54) is 33.0 Å². The lowest BCUT2D eigenvalue weighted by Crippen LogP contribution is -2.15. The van der Waals surface area contributed by atoms with Crippen LogP contribution in [0.4, 0.5) is 11.4 Å². The van der Waals surface area contributed by atoms with Crippen LogP contribution in [0.25, 0.3) is 21.9 Å². The molecule has 126 valence electrons. The highest BCUT2D eigenvalue weighted by Gasteiger charge is 2.35. The maximum absolute atomic E-state index is 3.59. The van der Waals surface area contributed by atoms with Gasteiger partial charge in [0, 0.05) is 16.8 Å². The second-order valence-electron chi connectivity index (χ2n) is 7.62. The van der Waals surface area contributed by atoms with Crippen molar-refractivity contribution in [1.29, 1.82) is 0 Å². The normalized spacial score (nSPS) is 14.1. The number of hydrogen-bond acceptors (Lipinski definition) is 1. The SMILES string of the molecule is CC1(C)c2ccccc2-c2ccc(Nc3ccc4ccccc4c3)cc21. The molecule has 1 aliphatic carbocycles. The summed E-state index contributed by atoms with van der Waals surface area (Å²) in [5.41, 5.74) is 7.83. The van der Waals surface area contributed by atoms with Gasteiger partial charge in [0.05, 0.1) is 0 Å². The van der Waals surface area contributed by atoms with Crippen LogP contribution in [0, 0.1) is 0 Å². The molecule has 0 bridgehead atoms. The molecule has 0 heterocycles. The molecule has 0 spiro atoms. The molecule has 1 nitrogen and oxygen atoms in total. The van der Waals surface area contributed by atoms with Gasteiger partial charge in [-0.15, -0.1) is 0 Å². The summed E-state index contributed by atoms with van der Waals surface area (Å²) >= 11 is 0. The van der Waals surface area contributed by atoms with E-state index in [9.17, 15) is 0 Å². The van der Waals surface area contributed by atoms with Gasteiger partial charge >= 0.3 is 0 Å². The van der Waals surface area contributed by atoms with Crippen LogP contribution in [0.5, 0.6) is 0 Å². The number of rotatable bonds is 2. The summed E-state index contributed by atoms with van der Waals surface area (Å²) in [6.45, 7) is 4.63. The molecule has 5 rings (SSSR count). The van der Waals surface area contributed by atoms with Crippen molar-refractivity contribution in [2.75, 3.05) is 5.32 Å². The second-order valence-corrected chi connectivity index (χ2v) is 7.62. The number of fused-ring (bicyclic) bond motifs is 4. The van der Waals surface area contributed by atoms with Crippen molar-refractivity contribution in [3.05, 3.63) is 96.1 Å². The van der Waals surface area contributed by atoms with Crippen LogP contribution < -0.4 is 5.32 Å². The van der Waals surface area contributed by atoms with Crippen LogP contribution in [0.3, 0.4) is 0 Å². The molecular weight excluding hydrogens is 314 g/mol. The van der Waals surface area contributed by atoms with Gasteiger partial charge in [0.25, 0.3) is 0 Å². The van der Waals surface area contributed by atoms with Crippen LogP contribution in [0.2, 0.25) is 0 Å². The van der Waals surface area contributed by atoms with Crippen molar-refractivity contribution in [2.45, 2.75) is 19.3 Å². The first-order chi connectivity index (χ1) is 12.6. The third-order valence-electron chi connectivity index (χ3n) is 5.62. The van der Waals surface area contributed by atoms with Crippen LogP contribution in [0.1, 0.15) is 25.0 Å². The molecule has 0 saturated carbocycles. The Morgan fingerprint density at radius 1 is 0.577 bits per heavy atom. The Labute approximate surface area is 154 Å². The smallest absolute Gasteiger partial charge is 0.0390 e. The van der Waals surface area contributed by atoms with Crippen molar-refractivity contribution in [3.63, 3.8) is 0 Å². The molecule has 26 heavy (non-hydrogen) atoms. The molecular formula is C25H21N. The molecule has 0 amide bonds. The first kappa shape index (κ1) is 15.2. The summed E-state index contributed by atoms with van der Waals surface area (Å²) in [7, 11) is 0. The number of hydrogen-bond donors (Lipinski definition) is 1. The summed E-state index contributed by atoms with van der Waals surface area (Å²) in [6.07, 6.45) is 0. The summed E-state index contributed by atoms with van der Waals surface area (Å²) in [4.78, 5) is 0. The highest BCUT2D eigenvalue weighted by atomic mass is 14.9. The minimum Gasteiger partial charge on any atom is -0.355 e. The average molecular weight is 335 g/mol. The third kappa shape index (κ3) is 2.24. The number of anilines is 2. The zero-order valence-electron chi connectivity index (χ0n) is 15.1. The van der Waals surface area contributed by atoms with E-state index in [2.05, 4.69) is 104 Å². The van der Waals surface area contributed by atoms with Crippen LogP contribution in [-0.4, -0.2) is 0 Å². The van der Waals surface area contributed by atoms with Crippen molar-refractivity contribution in [3.8, 4) is 11.1 Å². The molecule has 1 N–H and O–H groups in total. The Kier molecular flexibility index (Phi) is 3.20. The molecule has 4 aromatic rings. The summed E-state index contributed by atoms with van der Waals surface area (Å²) < 4.78 is 0. The first-order valence-electron chi connectivity index (χ1n) is 9.13. The lowest BCUT2D eigenvalue weighted by Gasteiger charge is -2.22. The fraction of sp³-hybridized carbons (Fsp3) is 0.120. The van der Waals surface area contributed by atoms with Gasteiger partial charge < -0.3 is 5.32 Å². The van der Waals surface area contributed by atoms with E-state index in [4.69, 9.17) is 0 Å². The molecule has 4 aromatic carbocycles. The quantitative estimate of drug-likeness (QED) is 0.420. The molecule has 0 aromatic heterocycles. The molecule has 0 radical (unpaired) electrons. The highest BCUT2D eigenvalue weighted by Crippen LogP contribution is 2.49. The predicted molar refractivity (Wildman–Crippen MR) is 111 cm³/mol. The van der Waals surface area contributed by atoms with Crippen molar-refractivity contribution in [1.82, 2.24) is 0 Å². The zero-order chi connectivity index (χ0) is 17.7. The monoisotopic (exact) mass is 335 g/mol. The summed E-state index contributed by atoms with van der Waals surface area (Å²) in [5, 5.41) is 6.11. The van der Waals surface area contributed by atoms with Gasteiger partial charge in [0.15, 0.2) is 0 Å². The Balaban J connectivity index is 1.55. The Bertz CT molecular complexity index is 1140. The van der Waals surface area contributed by atoms with Gasteiger partial charge in [0.1, 0.15) is 0 Å². The highest BCUT2D eigenvalue weighted by molar-refractivity contribution is 5.87. The molecule has 0 aliphatic heterocycles. The van der Waals surface area contributed by atoms with E-state index in [1.807, 2.05) is 0 Å². The van der Waals surface area contributed by atoms with Crippen molar-refractivity contribution < 1.29 is 0 Å². The van der Waals surface area contributed by atoms with Gasteiger partial charge in [0.2, 0.25) is 0 Å². The second kappa shape index (κ2) is 5.47. The van der Waals surface area contributed by atoms with Crippen molar-refractivity contribution >= 4 is 22.1 Å². The van der Waals surface area contributed by atoms with Crippen LogP contribution in [-0.2, 0) is 5.41 Å². The van der Waals surface area contributed by atoms with Gasteiger partial charge in [-0.05, 0) is 57.3 Å². The van der Waals surface area contributed by atoms with E-state index in [0.717, 1.165) is 11.4 Å². The topological polar surface area (TPSA) is 12.0 Å². The average Bonchev–Trinajstić information content (AvgIpc) is 2.89. The minimum atomic E-state index is 0.0347. The Hall–Kier alpha value is -3.06. The zero-order valence-corrected chi connectivity index (χ0v) is 15.1. The summed E-state index contributed by atoms with van der Waals surface area (Å²) in [6, 6.07) is 30.5. The largest absolute Gasteiger partial charge is 0.355 e. The predicted octanol–water partition coefficient (Wildman–Crippen LogP) is 6.89. The fourth-order valence-electron chi connectivity index (χ4n) is 4.22. The van der Waals surface area contributed by atoms with E-state index < -0.39 is 0 Å². The van der Waals surface area contributed by atoms with E-state index in [-0.39, 0.29) is 5.41 Å². The molecule has 0 fully saturated rings. The fourth-order valence-corrected chi connectivity index (χ4v) is 4.22. The first-order valence-corrected chi connectivity index (χ1v) is 9.13. The lowest BCUT2D eigenvalue weighted by molar-refractivity contribution is 0.660. The molecule has 0 atom stereocenters. The minimum absolute atomic E-state index is 0.0347. The summed E-state index contributed by atoms with van der Waals surface area (Å²) in [5.74, 6) is 0. The van der Waals surface area contributed by atoms with Crippen molar-refractivity contribution in [2.24, 2.45) is 0 Å². The Morgan fingerprint density at radius 3 is 2.12 bits per heavy atom. The molecule has 1 aliphatic rings. The van der Waals surface area contributed by atoms with Gasteiger partial charge in [-0.1, -0.05) is 74.5 Å². The van der Waals surface area contributed by atoms with E-state index in [0.29, 0.717) is 0 Å². The molecule has 0 saturated heterocycles. The van der Waals surface area contributed by atoms with E-state index in [1.54, 1.807) is 0 Å². The maximum atomic E-state index is 3.59. The third-order valence-corrected chi connectivity index (χ3v) is 5.62. The Morgan fingerprint density at radius 2 is 1.23 bits per heavy atom. The molecule has 0 unspecified atom stereocenters. The van der Waals surface area contributed by atoms with Crippen LogP contribution in [0.15, 0.2) is 84.9 Å². The standard InChI is InChI=1S/C25H21N/c1-25(2)23-10-6-5-9-21(23)22-14-13-20(16-24(22)25)26-19-12-11-17-7-3-4-8-18(17)15-19/h3-16,26H,1-2H3. The van der Waals surface area contributed by atoms with Gasteiger partial charge in [-0.25, -0.2) is 0 Å². The van der Waals surface area contributed by atoms with Gasteiger partial charge in [-0.3, -0.25) is 0 Å². The van der Waals surface area contributed by atoms with E-state index >= 15 is 0 Å². The van der Waals surface area contributed by atoms with Gasteiger partial charge in [-0.2, -0.15) is 0 Å².